The standard InChI is InChI=1S/C20H22N2O2S/c1-12-11-17(22-19(23)14-9-10-14)25-18(12)20(24)21-16-8-4-6-13-5-2-3-7-15(13)16/h2-3,5,7,11,14,16H,4,6,8-10H2,1H3,(H,21,24)(H,22,23)/t16-/m0/s1. The number of fused-ring (bicyclic) bond motifs is 1. The summed E-state index contributed by atoms with van der Waals surface area (Å²) in [7, 11) is 0. The summed E-state index contributed by atoms with van der Waals surface area (Å²) in [5, 5.41) is 6.90. The third-order valence-corrected chi connectivity index (χ3v) is 6.14. The predicted molar refractivity (Wildman–Crippen MR) is 100.0 cm³/mol. The van der Waals surface area contributed by atoms with Gasteiger partial charge in [-0.3, -0.25) is 9.59 Å². The van der Waals surface area contributed by atoms with Gasteiger partial charge < -0.3 is 10.6 Å². The highest BCUT2D eigenvalue weighted by atomic mass is 32.1. The molecule has 2 amide bonds. The van der Waals surface area contributed by atoms with Gasteiger partial charge in [0, 0.05) is 5.92 Å². The van der Waals surface area contributed by atoms with E-state index in [4.69, 9.17) is 0 Å². The summed E-state index contributed by atoms with van der Waals surface area (Å²) in [6, 6.07) is 10.3. The predicted octanol–water partition coefficient (Wildman–Crippen LogP) is 4.21. The second-order valence-electron chi connectivity index (χ2n) is 7.00. The molecule has 1 heterocycles. The number of hydrogen-bond acceptors (Lipinski definition) is 3. The summed E-state index contributed by atoms with van der Waals surface area (Å²) >= 11 is 1.37. The zero-order chi connectivity index (χ0) is 17.4. The van der Waals surface area contributed by atoms with Gasteiger partial charge in [0.15, 0.2) is 0 Å². The Hall–Kier alpha value is -2.14. The summed E-state index contributed by atoms with van der Waals surface area (Å²) < 4.78 is 0. The Morgan fingerprint density at radius 2 is 1.96 bits per heavy atom. The van der Waals surface area contributed by atoms with Crippen molar-refractivity contribution >= 4 is 28.2 Å². The smallest absolute Gasteiger partial charge is 0.262 e. The van der Waals surface area contributed by atoms with E-state index >= 15 is 0 Å². The van der Waals surface area contributed by atoms with Crippen LogP contribution in [0.3, 0.4) is 0 Å². The highest BCUT2D eigenvalue weighted by Crippen LogP contribution is 2.34. The lowest BCUT2D eigenvalue weighted by molar-refractivity contribution is -0.117. The number of hydrogen-bond donors (Lipinski definition) is 2. The summed E-state index contributed by atoms with van der Waals surface area (Å²) in [6.45, 7) is 1.92. The van der Waals surface area contributed by atoms with E-state index in [1.54, 1.807) is 0 Å². The fourth-order valence-corrected chi connectivity index (χ4v) is 4.44. The monoisotopic (exact) mass is 354 g/mol. The van der Waals surface area contributed by atoms with Crippen molar-refractivity contribution in [2.45, 2.75) is 45.1 Å². The lowest BCUT2D eigenvalue weighted by Crippen LogP contribution is -2.30. The van der Waals surface area contributed by atoms with Gasteiger partial charge in [0.1, 0.15) is 0 Å². The van der Waals surface area contributed by atoms with Gasteiger partial charge in [-0.25, -0.2) is 0 Å². The first-order valence-electron chi connectivity index (χ1n) is 8.92. The van der Waals surface area contributed by atoms with Crippen molar-refractivity contribution in [3.8, 4) is 0 Å². The van der Waals surface area contributed by atoms with Crippen LogP contribution in [0.5, 0.6) is 0 Å². The summed E-state index contributed by atoms with van der Waals surface area (Å²) in [4.78, 5) is 25.4. The van der Waals surface area contributed by atoms with Crippen molar-refractivity contribution in [2.24, 2.45) is 5.92 Å². The van der Waals surface area contributed by atoms with Gasteiger partial charge in [0.25, 0.3) is 5.91 Å². The van der Waals surface area contributed by atoms with Gasteiger partial charge in [-0.2, -0.15) is 0 Å². The maximum Gasteiger partial charge on any atom is 0.262 e. The van der Waals surface area contributed by atoms with Gasteiger partial charge in [0.2, 0.25) is 5.91 Å². The van der Waals surface area contributed by atoms with Crippen LogP contribution in [0.15, 0.2) is 30.3 Å². The van der Waals surface area contributed by atoms with E-state index in [0.717, 1.165) is 42.7 Å². The summed E-state index contributed by atoms with van der Waals surface area (Å²) in [5.41, 5.74) is 3.48. The van der Waals surface area contributed by atoms with Crippen LogP contribution in [0.2, 0.25) is 0 Å². The molecule has 1 aromatic heterocycles. The first-order chi connectivity index (χ1) is 12.1. The molecule has 0 radical (unpaired) electrons. The minimum Gasteiger partial charge on any atom is -0.345 e. The number of aryl methyl sites for hydroxylation is 2. The average Bonchev–Trinajstić information content (AvgIpc) is 3.39. The van der Waals surface area contributed by atoms with E-state index < -0.39 is 0 Å². The molecular formula is C20H22N2O2S. The van der Waals surface area contributed by atoms with Crippen molar-refractivity contribution < 1.29 is 9.59 Å². The Labute approximate surface area is 151 Å². The quantitative estimate of drug-likeness (QED) is 0.864. The third-order valence-electron chi connectivity index (χ3n) is 4.99. The Bertz CT molecular complexity index is 823. The van der Waals surface area contributed by atoms with Crippen molar-refractivity contribution in [1.29, 1.82) is 0 Å². The molecule has 0 unspecified atom stereocenters. The number of rotatable bonds is 4. The van der Waals surface area contributed by atoms with E-state index in [0.29, 0.717) is 4.88 Å². The first-order valence-corrected chi connectivity index (χ1v) is 9.73. The Balaban J connectivity index is 1.48. The maximum absolute atomic E-state index is 12.8. The molecule has 2 N–H and O–H groups in total. The Morgan fingerprint density at radius 1 is 1.16 bits per heavy atom. The summed E-state index contributed by atoms with van der Waals surface area (Å²) in [5.74, 6) is 0.198. The number of anilines is 1. The van der Waals surface area contributed by atoms with Crippen LogP contribution in [0.4, 0.5) is 5.00 Å². The molecule has 0 spiro atoms. The molecule has 2 aliphatic rings. The molecule has 2 aliphatic carbocycles. The topological polar surface area (TPSA) is 58.2 Å². The van der Waals surface area contributed by atoms with Gasteiger partial charge in [-0.05, 0) is 61.8 Å². The van der Waals surface area contributed by atoms with Gasteiger partial charge >= 0.3 is 0 Å². The van der Waals surface area contributed by atoms with E-state index in [1.165, 1.54) is 22.5 Å². The molecule has 0 aliphatic heterocycles. The average molecular weight is 354 g/mol. The molecule has 0 bridgehead atoms. The number of benzene rings is 1. The van der Waals surface area contributed by atoms with Crippen molar-refractivity contribution in [3.05, 3.63) is 51.9 Å². The highest BCUT2D eigenvalue weighted by Gasteiger charge is 2.30. The molecule has 1 aromatic carbocycles. The normalized spacial score (nSPS) is 19.2. The number of thiophene rings is 1. The molecule has 1 atom stereocenters. The van der Waals surface area contributed by atoms with Crippen LogP contribution < -0.4 is 10.6 Å². The van der Waals surface area contributed by atoms with Crippen molar-refractivity contribution in [1.82, 2.24) is 5.32 Å². The fraction of sp³-hybridized carbons (Fsp3) is 0.400. The molecule has 130 valence electrons. The van der Waals surface area contributed by atoms with Crippen LogP contribution >= 0.6 is 11.3 Å². The molecule has 1 saturated carbocycles. The van der Waals surface area contributed by atoms with Crippen LogP contribution in [-0.4, -0.2) is 11.8 Å². The Morgan fingerprint density at radius 3 is 2.76 bits per heavy atom. The molecule has 2 aromatic rings. The van der Waals surface area contributed by atoms with Gasteiger partial charge in [-0.1, -0.05) is 24.3 Å². The summed E-state index contributed by atoms with van der Waals surface area (Å²) in [6.07, 6.45) is 5.10. The molecule has 1 fully saturated rings. The van der Waals surface area contributed by atoms with Crippen LogP contribution in [0.1, 0.15) is 58.1 Å². The second kappa shape index (κ2) is 6.64. The molecule has 4 rings (SSSR count). The molecular weight excluding hydrogens is 332 g/mol. The lowest BCUT2D eigenvalue weighted by atomic mass is 9.88. The first kappa shape index (κ1) is 16.3. The molecule has 0 saturated heterocycles. The van der Waals surface area contributed by atoms with Gasteiger partial charge in [0.05, 0.1) is 15.9 Å². The number of carbonyl (C=O) groups is 2. The minimum absolute atomic E-state index is 0.0453. The van der Waals surface area contributed by atoms with Crippen molar-refractivity contribution in [2.75, 3.05) is 5.32 Å². The number of carbonyl (C=O) groups excluding carboxylic acids is 2. The molecule has 4 nitrogen and oxygen atoms in total. The van der Waals surface area contributed by atoms with E-state index in [-0.39, 0.29) is 23.8 Å². The minimum atomic E-state index is -0.0453. The molecule has 25 heavy (non-hydrogen) atoms. The highest BCUT2D eigenvalue weighted by molar-refractivity contribution is 7.18. The number of nitrogens with one attached hydrogen (secondary N) is 2. The fourth-order valence-electron chi connectivity index (χ4n) is 3.47. The van der Waals surface area contributed by atoms with Crippen LogP contribution in [0.25, 0.3) is 0 Å². The second-order valence-corrected chi connectivity index (χ2v) is 8.06. The van der Waals surface area contributed by atoms with Crippen LogP contribution in [0, 0.1) is 12.8 Å². The Kier molecular flexibility index (Phi) is 4.34. The largest absolute Gasteiger partial charge is 0.345 e. The van der Waals surface area contributed by atoms with E-state index in [9.17, 15) is 9.59 Å². The maximum atomic E-state index is 12.8. The third kappa shape index (κ3) is 3.47. The van der Waals surface area contributed by atoms with E-state index in [1.807, 2.05) is 19.1 Å². The van der Waals surface area contributed by atoms with Crippen molar-refractivity contribution in [3.63, 3.8) is 0 Å². The van der Waals surface area contributed by atoms with Gasteiger partial charge in [-0.15, -0.1) is 11.3 Å². The zero-order valence-electron chi connectivity index (χ0n) is 14.3. The molecule has 5 heteroatoms. The number of amides is 2. The lowest BCUT2D eigenvalue weighted by Gasteiger charge is -2.26. The SMILES string of the molecule is Cc1cc(NC(=O)C2CC2)sc1C(=O)N[C@H]1CCCc2ccccc21. The van der Waals surface area contributed by atoms with Crippen LogP contribution in [-0.2, 0) is 11.2 Å². The zero-order valence-corrected chi connectivity index (χ0v) is 15.1. The van der Waals surface area contributed by atoms with E-state index in [2.05, 4.69) is 28.8 Å².